The minimum atomic E-state index is -0.0374. The molecule has 1 aliphatic carbocycles. The maximum absolute atomic E-state index is 5.11. The van der Waals surface area contributed by atoms with Crippen molar-refractivity contribution in [3.8, 4) is 78.4 Å². The Morgan fingerprint density at radius 3 is 1.65 bits per heavy atom. The summed E-state index contributed by atoms with van der Waals surface area (Å²) in [6.45, 7) is 4.67. The Bertz CT molecular complexity index is 2530. The zero-order valence-electron chi connectivity index (χ0n) is 28.6. The molecule has 0 aliphatic heterocycles. The smallest absolute Gasteiger partial charge is 0.160 e. The highest BCUT2D eigenvalue weighted by atomic mass is 14.9. The third-order valence-corrected chi connectivity index (χ3v) is 10.2. The highest BCUT2D eigenvalue weighted by Crippen LogP contribution is 2.49. The molecule has 0 atom stereocenters. The minimum Gasteiger partial charge on any atom is -0.264 e. The number of hydrogen-bond acceptors (Lipinski definition) is 3. The fourth-order valence-electron chi connectivity index (χ4n) is 7.45. The Hall–Kier alpha value is -6.45. The van der Waals surface area contributed by atoms with Crippen LogP contribution < -0.4 is 0 Å². The number of fused-ring (bicyclic) bond motifs is 3. The summed E-state index contributed by atoms with van der Waals surface area (Å²) < 4.78 is 0. The van der Waals surface area contributed by atoms with Crippen LogP contribution in [0.25, 0.3) is 78.4 Å². The second kappa shape index (κ2) is 12.5. The third kappa shape index (κ3) is 5.63. The van der Waals surface area contributed by atoms with Crippen molar-refractivity contribution in [3.05, 3.63) is 187 Å². The number of hydrogen-bond donors (Lipinski definition) is 0. The summed E-state index contributed by atoms with van der Waals surface area (Å²) in [5.41, 5.74) is 17.2. The SMILES string of the molecule is CC1(C)c2ccccc2-c2ccc(-c3cccc(-c4cccc(-c5cc(-c6ccc(-c7cccnc7)cc6)nc(-c6ccccc6)n5)c4)c3)cc21. The van der Waals surface area contributed by atoms with Gasteiger partial charge in [-0.2, -0.15) is 0 Å². The van der Waals surface area contributed by atoms with E-state index in [-0.39, 0.29) is 5.41 Å². The first-order chi connectivity index (χ1) is 25.0. The van der Waals surface area contributed by atoms with Gasteiger partial charge in [0.25, 0.3) is 0 Å². The Morgan fingerprint density at radius 2 is 0.922 bits per heavy atom. The van der Waals surface area contributed by atoms with E-state index in [1.807, 2.05) is 30.5 Å². The van der Waals surface area contributed by atoms with Crippen LogP contribution in [0.3, 0.4) is 0 Å². The number of nitrogens with zero attached hydrogens (tertiary/aromatic N) is 3. The molecule has 2 heterocycles. The fraction of sp³-hybridized carbons (Fsp3) is 0.0625. The van der Waals surface area contributed by atoms with Gasteiger partial charge in [0.2, 0.25) is 0 Å². The van der Waals surface area contributed by atoms with Gasteiger partial charge in [0.05, 0.1) is 11.4 Å². The summed E-state index contributed by atoms with van der Waals surface area (Å²) >= 11 is 0. The standard InChI is InChI=1S/C48H35N3/c1-48(2)43-19-7-6-18-41(43)42-25-24-38(29-44(42)48)36-14-8-13-35(27-36)37-15-9-16-39(28-37)46-30-45(50-47(51-46)34-11-4-3-5-12-34)33-22-20-32(21-23-33)40-17-10-26-49-31-40/h3-31H,1-2H3. The molecule has 6 aromatic carbocycles. The van der Waals surface area contributed by atoms with Gasteiger partial charge in [-0.25, -0.2) is 9.97 Å². The van der Waals surface area contributed by atoms with Crippen LogP contribution in [-0.4, -0.2) is 15.0 Å². The molecule has 8 aromatic rings. The molecule has 2 aromatic heterocycles. The van der Waals surface area contributed by atoms with Gasteiger partial charge in [0.1, 0.15) is 0 Å². The Balaban J connectivity index is 1.08. The lowest BCUT2D eigenvalue weighted by Gasteiger charge is -2.22. The van der Waals surface area contributed by atoms with Crippen LogP contribution in [0.15, 0.2) is 176 Å². The molecule has 0 unspecified atom stereocenters. The van der Waals surface area contributed by atoms with Crippen molar-refractivity contribution in [2.45, 2.75) is 19.3 Å². The number of rotatable bonds is 6. The summed E-state index contributed by atoms with van der Waals surface area (Å²) in [4.78, 5) is 14.4. The molecular weight excluding hydrogens is 619 g/mol. The van der Waals surface area contributed by atoms with Crippen LogP contribution in [0.1, 0.15) is 25.0 Å². The maximum Gasteiger partial charge on any atom is 0.160 e. The molecule has 0 spiro atoms. The van der Waals surface area contributed by atoms with Crippen LogP contribution in [0, 0.1) is 0 Å². The predicted octanol–water partition coefficient (Wildman–Crippen LogP) is 12.2. The van der Waals surface area contributed by atoms with E-state index in [2.05, 4.69) is 158 Å². The van der Waals surface area contributed by atoms with Crippen LogP contribution in [-0.2, 0) is 5.41 Å². The second-order valence-electron chi connectivity index (χ2n) is 13.7. The molecule has 0 radical (unpaired) electrons. The van der Waals surface area contributed by atoms with Gasteiger partial charge in [-0.3, -0.25) is 4.98 Å². The van der Waals surface area contributed by atoms with E-state index in [4.69, 9.17) is 9.97 Å². The first kappa shape index (κ1) is 30.6. The molecule has 0 fully saturated rings. The monoisotopic (exact) mass is 653 g/mol. The Labute approximate surface area is 299 Å². The summed E-state index contributed by atoms with van der Waals surface area (Å²) in [7, 11) is 0. The summed E-state index contributed by atoms with van der Waals surface area (Å²) in [6, 6.07) is 58.2. The first-order valence-electron chi connectivity index (χ1n) is 17.4. The van der Waals surface area contributed by atoms with Crippen molar-refractivity contribution in [2.24, 2.45) is 0 Å². The third-order valence-electron chi connectivity index (χ3n) is 10.2. The molecule has 0 N–H and O–H groups in total. The van der Waals surface area contributed by atoms with E-state index < -0.39 is 0 Å². The lowest BCUT2D eigenvalue weighted by atomic mass is 9.81. The van der Waals surface area contributed by atoms with Gasteiger partial charge >= 0.3 is 0 Å². The van der Waals surface area contributed by atoms with Gasteiger partial charge in [-0.05, 0) is 86.0 Å². The summed E-state index contributed by atoms with van der Waals surface area (Å²) in [6.07, 6.45) is 3.69. The highest BCUT2D eigenvalue weighted by molar-refractivity contribution is 5.85. The zero-order chi connectivity index (χ0) is 34.4. The van der Waals surface area contributed by atoms with E-state index in [0.29, 0.717) is 5.82 Å². The Morgan fingerprint density at radius 1 is 0.373 bits per heavy atom. The van der Waals surface area contributed by atoms with E-state index in [1.54, 1.807) is 6.20 Å². The predicted molar refractivity (Wildman–Crippen MR) is 210 cm³/mol. The molecule has 3 nitrogen and oxygen atoms in total. The van der Waals surface area contributed by atoms with Crippen LogP contribution >= 0.6 is 0 Å². The first-order valence-corrected chi connectivity index (χ1v) is 17.4. The minimum absolute atomic E-state index is 0.0374. The molecule has 51 heavy (non-hydrogen) atoms. The molecular formula is C48H35N3. The molecule has 9 rings (SSSR count). The quantitative estimate of drug-likeness (QED) is 0.179. The van der Waals surface area contributed by atoms with Crippen molar-refractivity contribution in [2.75, 3.05) is 0 Å². The highest BCUT2D eigenvalue weighted by Gasteiger charge is 2.35. The normalized spacial score (nSPS) is 12.7. The van der Waals surface area contributed by atoms with Crippen molar-refractivity contribution in [1.29, 1.82) is 0 Å². The summed E-state index contributed by atoms with van der Waals surface area (Å²) in [5, 5.41) is 0. The average molecular weight is 654 g/mol. The van der Waals surface area contributed by atoms with Crippen molar-refractivity contribution >= 4 is 0 Å². The largest absolute Gasteiger partial charge is 0.264 e. The van der Waals surface area contributed by atoms with Crippen LogP contribution in [0.2, 0.25) is 0 Å². The van der Waals surface area contributed by atoms with Gasteiger partial charge < -0.3 is 0 Å². The fourth-order valence-corrected chi connectivity index (χ4v) is 7.45. The average Bonchev–Trinajstić information content (AvgIpc) is 3.44. The topological polar surface area (TPSA) is 38.7 Å². The number of pyridine rings is 1. The van der Waals surface area contributed by atoms with Gasteiger partial charge in [0.15, 0.2) is 5.82 Å². The van der Waals surface area contributed by atoms with Crippen LogP contribution in [0.4, 0.5) is 0 Å². The van der Waals surface area contributed by atoms with Gasteiger partial charge in [0, 0.05) is 34.5 Å². The lowest BCUT2D eigenvalue weighted by Crippen LogP contribution is -2.14. The van der Waals surface area contributed by atoms with Crippen molar-refractivity contribution in [3.63, 3.8) is 0 Å². The zero-order valence-corrected chi connectivity index (χ0v) is 28.6. The van der Waals surface area contributed by atoms with E-state index in [1.165, 1.54) is 38.9 Å². The maximum atomic E-state index is 5.11. The van der Waals surface area contributed by atoms with E-state index in [0.717, 1.165) is 44.8 Å². The lowest BCUT2D eigenvalue weighted by molar-refractivity contribution is 0.660. The molecule has 242 valence electrons. The molecule has 0 saturated carbocycles. The number of aromatic nitrogens is 3. The molecule has 3 heteroatoms. The Kier molecular flexibility index (Phi) is 7.48. The second-order valence-corrected chi connectivity index (χ2v) is 13.7. The van der Waals surface area contributed by atoms with Crippen molar-refractivity contribution < 1.29 is 0 Å². The molecule has 0 saturated heterocycles. The van der Waals surface area contributed by atoms with Gasteiger partial charge in [-0.15, -0.1) is 0 Å². The van der Waals surface area contributed by atoms with E-state index >= 15 is 0 Å². The molecule has 0 bridgehead atoms. The summed E-state index contributed by atoms with van der Waals surface area (Å²) in [5.74, 6) is 0.702. The molecule has 0 amide bonds. The van der Waals surface area contributed by atoms with Gasteiger partial charge in [-0.1, -0.05) is 147 Å². The van der Waals surface area contributed by atoms with E-state index in [9.17, 15) is 0 Å². The van der Waals surface area contributed by atoms with Crippen LogP contribution in [0.5, 0.6) is 0 Å². The number of benzene rings is 6. The molecule has 1 aliphatic rings. The van der Waals surface area contributed by atoms with Crippen molar-refractivity contribution in [1.82, 2.24) is 15.0 Å².